The lowest BCUT2D eigenvalue weighted by molar-refractivity contribution is 0.474. The van der Waals surface area contributed by atoms with Gasteiger partial charge in [0.25, 0.3) is 0 Å². The molecule has 53 heavy (non-hydrogen) atoms. The minimum absolute atomic E-state index is 0.0526. The molecule has 1 N–H and O–H groups in total. The van der Waals surface area contributed by atoms with Gasteiger partial charge in [-0.25, -0.2) is 9.98 Å². The molecule has 2 atom stereocenters. The Labute approximate surface area is 311 Å². The number of pyridine rings is 1. The molecule has 0 radical (unpaired) electrons. The van der Waals surface area contributed by atoms with E-state index in [4.69, 9.17) is 20.0 Å². The van der Waals surface area contributed by atoms with Crippen LogP contribution in [0.2, 0.25) is 0 Å². The highest BCUT2D eigenvalue weighted by Crippen LogP contribution is 2.52. The fraction of sp³-hybridized carbons (Fsp3) is 0.208. The molecule has 0 fully saturated rings. The number of allylic oxidation sites excluding steroid dienone is 4. The highest BCUT2D eigenvalue weighted by Gasteiger charge is 2.41. The molecule has 5 heteroatoms. The number of hydrogen-bond donors (Lipinski definition) is 1. The van der Waals surface area contributed by atoms with Gasteiger partial charge in [-0.1, -0.05) is 118 Å². The maximum Gasteiger partial charge on any atom is 0.150 e. The second-order valence-corrected chi connectivity index (χ2v) is 15.9. The Morgan fingerprint density at radius 2 is 1.32 bits per heavy atom. The van der Waals surface area contributed by atoms with E-state index in [1.165, 1.54) is 44.5 Å². The summed E-state index contributed by atoms with van der Waals surface area (Å²) in [4.78, 5) is 20.4. The SMILES string of the molecule is CC1(C)C2=C(C=CC(C3N=C(c4cc(C5=NCC=C5)cc(-c5ccccn5)c4)NC(c4ccc5c(c4)C(C)(C)c4ccccc4-5)=N3)C2)c2ccccc21. The summed E-state index contributed by atoms with van der Waals surface area (Å²) in [5.74, 6) is 1.76. The molecule has 0 saturated carbocycles. The normalized spacial score (nSPS) is 21.2. The van der Waals surface area contributed by atoms with Gasteiger partial charge >= 0.3 is 0 Å². The number of fused-ring (bicyclic) bond motifs is 5. The van der Waals surface area contributed by atoms with Crippen LogP contribution in [0.1, 0.15) is 73.1 Å². The van der Waals surface area contributed by atoms with Gasteiger partial charge in [0.05, 0.1) is 18.0 Å². The number of rotatable bonds is 5. The molecule has 4 aromatic carbocycles. The van der Waals surface area contributed by atoms with Gasteiger partial charge in [-0.05, 0) is 87.8 Å². The van der Waals surface area contributed by atoms with Crippen LogP contribution in [-0.2, 0) is 10.8 Å². The second kappa shape index (κ2) is 11.8. The zero-order valence-corrected chi connectivity index (χ0v) is 30.6. The van der Waals surface area contributed by atoms with Gasteiger partial charge in [0.1, 0.15) is 11.7 Å². The highest BCUT2D eigenvalue weighted by atomic mass is 15.2. The number of aromatic nitrogens is 1. The van der Waals surface area contributed by atoms with Gasteiger partial charge in [0.2, 0.25) is 0 Å². The summed E-state index contributed by atoms with van der Waals surface area (Å²) < 4.78 is 0. The Bertz CT molecular complexity index is 2540. The van der Waals surface area contributed by atoms with E-state index in [0.29, 0.717) is 6.54 Å². The summed E-state index contributed by atoms with van der Waals surface area (Å²) >= 11 is 0. The van der Waals surface area contributed by atoms with Crippen LogP contribution in [0.25, 0.3) is 28.0 Å². The number of amidine groups is 2. The van der Waals surface area contributed by atoms with Crippen LogP contribution < -0.4 is 5.32 Å². The number of nitrogens with one attached hydrogen (secondary N) is 1. The van der Waals surface area contributed by atoms with Crippen LogP contribution in [0.3, 0.4) is 0 Å². The number of benzene rings is 4. The second-order valence-electron chi connectivity index (χ2n) is 15.9. The van der Waals surface area contributed by atoms with E-state index in [2.05, 4.69) is 148 Å². The molecule has 2 unspecified atom stereocenters. The molecular weight excluding hydrogens is 647 g/mol. The van der Waals surface area contributed by atoms with Crippen LogP contribution in [0.15, 0.2) is 154 Å². The van der Waals surface area contributed by atoms with Crippen LogP contribution >= 0.6 is 0 Å². The minimum atomic E-state index is -0.310. The molecule has 2 aliphatic heterocycles. The van der Waals surface area contributed by atoms with Crippen molar-refractivity contribution in [2.24, 2.45) is 20.9 Å². The third-order valence-corrected chi connectivity index (χ3v) is 12.0. The first kappa shape index (κ1) is 31.8. The molecule has 3 heterocycles. The zero-order chi connectivity index (χ0) is 35.9. The number of aliphatic imine (C=N–C) groups is 3. The predicted octanol–water partition coefficient (Wildman–Crippen LogP) is 9.86. The van der Waals surface area contributed by atoms with E-state index in [0.717, 1.165) is 51.8 Å². The summed E-state index contributed by atoms with van der Waals surface area (Å²) in [6.07, 6.45) is 11.3. The van der Waals surface area contributed by atoms with Crippen molar-refractivity contribution in [1.29, 1.82) is 0 Å². The van der Waals surface area contributed by atoms with Crippen molar-refractivity contribution in [1.82, 2.24) is 10.3 Å². The summed E-state index contributed by atoms with van der Waals surface area (Å²) in [6.45, 7) is 10.1. The topological polar surface area (TPSA) is 62.0 Å². The standard InChI is InChI=1S/C48H41N5/c1-47(2)38-14-7-5-12-34(38)36-20-18-29(27-40(36)47)44-51-45(30-19-21-37-35-13-6-8-15-39(35)48(3,4)41(37)28-30)53-46(52-44)33-25-31(42-16-9-10-22-49-42)24-32(26-33)43-17-11-23-50-43/h5-22,24-27,30,45H,23,28H2,1-4H3,(H,51,52,53). The Morgan fingerprint density at radius 1 is 0.623 bits per heavy atom. The van der Waals surface area contributed by atoms with Crippen LogP contribution in [0, 0.1) is 5.92 Å². The van der Waals surface area contributed by atoms with E-state index in [1.54, 1.807) is 0 Å². The number of hydrogen-bond acceptors (Lipinski definition) is 5. The smallest absolute Gasteiger partial charge is 0.150 e. The van der Waals surface area contributed by atoms with E-state index >= 15 is 0 Å². The lowest BCUT2D eigenvalue weighted by Gasteiger charge is -2.32. The average molecular weight is 688 g/mol. The summed E-state index contributed by atoms with van der Waals surface area (Å²) in [7, 11) is 0. The molecule has 1 aromatic heterocycles. The molecular formula is C48H41N5. The highest BCUT2D eigenvalue weighted by molar-refractivity contribution is 6.18. The van der Waals surface area contributed by atoms with Crippen molar-refractivity contribution in [3.63, 3.8) is 0 Å². The third-order valence-electron chi connectivity index (χ3n) is 12.0. The molecule has 5 aromatic rings. The van der Waals surface area contributed by atoms with Crippen molar-refractivity contribution >= 4 is 23.0 Å². The van der Waals surface area contributed by atoms with Crippen molar-refractivity contribution in [2.75, 3.05) is 6.54 Å². The summed E-state index contributed by atoms with van der Waals surface area (Å²) in [5.41, 5.74) is 16.8. The van der Waals surface area contributed by atoms with Crippen LogP contribution in [-0.4, -0.2) is 35.1 Å². The number of nitrogens with zero attached hydrogens (tertiary/aromatic N) is 4. The lowest BCUT2D eigenvalue weighted by Crippen LogP contribution is -2.40. The average Bonchev–Trinajstić information content (AvgIpc) is 3.88. The maximum absolute atomic E-state index is 5.46. The van der Waals surface area contributed by atoms with Gasteiger partial charge < -0.3 is 5.32 Å². The van der Waals surface area contributed by atoms with Crippen LogP contribution in [0.4, 0.5) is 0 Å². The monoisotopic (exact) mass is 687 g/mol. The predicted molar refractivity (Wildman–Crippen MR) is 218 cm³/mol. The summed E-state index contributed by atoms with van der Waals surface area (Å²) in [6, 6.07) is 37.2. The zero-order valence-electron chi connectivity index (χ0n) is 30.6. The molecule has 0 spiro atoms. The van der Waals surface area contributed by atoms with Gasteiger partial charge in [-0.2, -0.15) is 0 Å². The molecule has 5 nitrogen and oxygen atoms in total. The molecule has 3 aliphatic carbocycles. The maximum atomic E-state index is 5.46. The fourth-order valence-corrected chi connectivity index (χ4v) is 9.16. The molecule has 258 valence electrons. The fourth-order valence-electron chi connectivity index (χ4n) is 9.16. The van der Waals surface area contributed by atoms with E-state index in [9.17, 15) is 0 Å². The molecule has 10 rings (SSSR count). The van der Waals surface area contributed by atoms with Crippen LogP contribution in [0.5, 0.6) is 0 Å². The first-order chi connectivity index (χ1) is 25.8. The Morgan fingerprint density at radius 3 is 2.09 bits per heavy atom. The minimum Gasteiger partial charge on any atom is -0.324 e. The van der Waals surface area contributed by atoms with Gasteiger partial charge in [-0.15, -0.1) is 0 Å². The van der Waals surface area contributed by atoms with E-state index in [1.807, 2.05) is 18.3 Å². The molecule has 0 saturated heterocycles. The molecule has 0 amide bonds. The van der Waals surface area contributed by atoms with Crippen molar-refractivity contribution < 1.29 is 0 Å². The molecule has 5 aliphatic rings. The van der Waals surface area contributed by atoms with Gasteiger partial charge in [-0.3, -0.25) is 9.98 Å². The first-order valence-electron chi connectivity index (χ1n) is 18.7. The largest absolute Gasteiger partial charge is 0.324 e. The lowest BCUT2D eigenvalue weighted by atomic mass is 9.75. The van der Waals surface area contributed by atoms with Gasteiger partial charge in [0.15, 0.2) is 6.17 Å². The quantitative estimate of drug-likeness (QED) is 0.200. The Balaban J connectivity index is 1.09. The van der Waals surface area contributed by atoms with Gasteiger partial charge in [0, 0.05) is 45.2 Å². The third kappa shape index (κ3) is 5.05. The Kier molecular flexibility index (Phi) is 7.07. The van der Waals surface area contributed by atoms with Crippen molar-refractivity contribution in [3.8, 4) is 22.4 Å². The van der Waals surface area contributed by atoms with E-state index in [-0.39, 0.29) is 22.9 Å². The first-order valence-corrected chi connectivity index (χ1v) is 18.7. The van der Waals surface area contributed by atoms with Crippen molar-refractivity contribution in [3.05, 3.63) is 178 Å². The Hall–Kier alpha value is -5.94. The summed E-state index contributed by atoms with van der Waals surface area (Å²) in [5, 5.41) is 3.75. The van der Waals surface area contributed by atoms with Crippen molar-refractivity contribution in [2.45, 2.75) is 51.1 Å². The molecule has 0 bridgehead atoms. The van der Waals surface area contributed by atoms with E-state index < -0.39 is 0 Å².